The molecule has 1 aliphatic carbocycles. The molecule has 1 fully saturated rings. The quantitative estimate of drug-likeness (QED) is 0.564. The van der Waals surface area contributed by atoms with Crippen LogP contribution in [0.25, 0.3) is 0 Å². The molecular formula is C12H25N3O2. The van der Waals surface area contributed by atoms with E-state index in [4.69, 9.17) is 10.5 Å². The number of carbonyl (C=O) groups is 1. The Balaban J connectivity index is 2.25. The third kappa shape index (κ3) is 6.00. The summed E-state index contributed by atoms with van der Waals surface area (Å²) in [6.07, 6.45) is 3.12. The Morgan fingerprint density at radius 1 is 1.53 bits per heavy atom. The van der Waals surface area contributed by atoms with Crippen LogP contribution in [0.15, 0.2) is 0 Å². The van der Waals surface area contributed by atoms with Crippen LogP contribution in [-0.2, 0) is 9.53 Å². The number of likely N-dealkylation sites (N-methyl/N-ethyl adjacent to an activating group) is 1. The zero-order valence-corrected chi connectivity index (χ0v) is 10.9. The number of nitrogens with two attached hydrogens (primary N) is 1. The number of nitrogens with zero attached hydrogens (tertiary/aromatic N) is 1. The van der Waals surface area contributed by atoms with Crippen LogP contribution in [0.4, 0.5) is 0 Å². The molecule has 0 heterocycles. The van der Waals surface area contributed by atoms with Crippen molar-refractivity contribution in [3.05, 3.63) is 0 Å². The van der Waals surface area contributed by atoms with Crippen molar-refractivity contribution in [1.82, 2.24) is 10.2 Å². The van der Waals surface area contributed by atoms with E-state index in [-0.39, 0.29) is 11.9 Å². The zero-order valence-electron chi connectivity index (χ0n) is 10.9. The van der Waals surface area contributed by atoms with Crippen molar-refractivity contribution in [3.8, 4) is 0 Å². The number of rotatable bonds is 10. The fourth-order valence-corrected chi connectivity index (χ4v) is 1.80. The van der Waals surface area contributed by atoms with Gasteiger partial charge >= 0.3 is 0 Å². The maximum atomic E-state index is 11.3. The molecule has 3 N–H and O–H groups in total. The summed E-state index contributed by atoms with van der Waals surface area (Å²) in [6.45, 7) is 5.60. The van der Waals surface area contributed by atoms with Gasteiger partial charge in [-0.3, -0.25) is 4.79 Å². The lowest BCUT2D eigenvalue weighted by Gasteiger charge is -2.22. The second kappa shape index (κ2) is 7.63. The van der Waals surface area contributed by atoms with Crippen molar-refractivity contribution in [3.63, 3.8) is 0 Å². The monoisotopic (exact) mass is 243 g/mol. The Hall–Kier alpha value is -0.650. The highest BCUT2D eigenvalue weighted by Crippen LogP contribution is 2.19. The second-order valence-corrected chi connectivity index (χ2v) is 4.61. The SMILES string of the molecule is CCN(CCOC)CCC(NC1CC1)C(N)=O. The smallest absolute Gasteiger partial charge is 0.234 e. The molecule has 1 unspecified atom stereocenters. The van der Waals surface area contributed by atoms with Crippen molar-refractivity contribution < 1.29 is 9.53 Å². The summed E-state index contributed by atoms with van der Waals surface area (Å²) in [5.74, 6) is -0.236. The van der Waals surface area contributed by atoms with Gasteiger partial charge in [0.2, 0.25) is 5.91 Å². The first-order valence-corrected chi connectivity index (χ1v) is 6.44. The molecule has 17 heavy (non-hydrogen) atoms. The number of methoxy groups -OCH3 is 1. The predicted octanol–water partition coefficient (Wildman–Crippen LogP) is -0.0493. The van der Waals surface area contributed by atoms with Crippen LogP contribution in [0.3, 0.4) is 0 Å². The first-order chi connectivity index (χ1) is 8.17. The van der Waals surface area contributed by atoms with Crippen LogP contribution in [-0.4, -0.2) is 56.2 Å². The maximum absolute atomic E-state index is 11.3. The van der Waals surface area contributed by atoms with Crippen molar-refractivity contribution >= 4 is 5.91 Å². The van der Waals surface area contributed by atoms with E-state index >= 15 is 0 Å². The van der Waals surface area contributed by atoms with Crippen molar-refractivity contribution in [1.29, 1.82) is 0 Å². The summed E-state index contributed by atoms with van der Waals surface area (Å²) < 4.78 is 5.05. The third-order valence-corrected chi connectivity index (χ3v) is 3.15. The van der Waals surface area contributed by atoms with Crippen molar-refractivity contribution in [2.75, 3.05) is 33.4 Å². The largest absolute Gasteiger partial charge is 0.383 e. The third-order valence-electron chi connectivity index (χ3n) is 3.15. The number of amides is 1. The van der Waals surface area contributed by atoms with E-state index in [0.29, 0.717) is 6.04 Å². The minimum Gasteiger partial charge on any atom is -0.383 e. The number of nitrogens with one attached hydrogen (secondary N) is 1. The lowest BCUT2D eigenvalue weighted by molar-refractivity contribution is -0.120. The molecule has 0 saturated heterocycles. The van der Waals surface area contributed by atoms with Gasteiger partial charge in [0.15, 0.2) is 0 Å². The molecule has 0 aliphatic heterocycles. The highest BCUT2D eigenvalue weighted by molar-refractivity contribution is 5.79. The van der Waals surface area contributed by atoms with Gasteiger partial charge in [-0.1, -0.05) is 6.92 Å². The average Bonchev–Trinajstić information content (AvgIpc) is 3.11. The number of hydrogen-bond acceptors (Lipinski definition) is 4. The van der Waals surface area contributed by atoms with Crippen LogP contribution >= 0.6 is 0 Å². The lowest BCUT2D eigenvalue weighted by Crippen LogP contribution is -2.44. The summed E-state index contributed by atoms with van der Waals surface area (Å²) in [5.41, 5.74) is 5.40. The summed E-state index contributed by atoms with van der Waals surface area (Å²) in [6, 6.07) is 0.334. The van der Waals surface area contributed by atoms with E-state index in [0.717, 1.165) is 32.7 Å². The van der Waals surface area contributed by atoms with Crippen LogP contribution in [0.5, 0.6) is 0 Å². The van der Waals surface area contributed by atoms with E-state index in [1.807, 2.05) is 0 Å². The molecule has 1 atom stereocenters. The van der Waals surface area contributed by atoms with Gasteiger partial charge in [0.25, 0.3) is 0 Å². The molecule has 0 aromatic rings. The minimum absolute atomic E-state index is 0.181. The molecule has 0 bridgehead atoms. The van der Waals surface area contributed by atoms with Crippen LogP contribution in [0.1, 0.15) is 26.2 Å². The molecular weight excluding hydrogens is 218 g/mol. The van der Waals surface area contributed by atoms with Gasteiger partial charge in [0, 0.05) is 26.2 Å². The van der Waals surface area contributed by atoms with Gasteiger partial charge in [0.1, 0.15) is 0 Å². The van der Waals surface area contributed by atoms with Crippen molar-refractivity contribution in [2.24, 2.45) is 5.73 Å². The first kappa shape index (κ1) is 14.4. The normalized spacial score (nSPS) is 17.4. The highest BCUT2D eigenvalue weighted by Gasteiger charge is 2.27. The molecule has 1 rings (SSSR count). The standard InChI is InChI=1S/C12H25N3O2/c1-3-15(8-9-17-2)7-6-11(12(13)16)14-10-4-5-10/h10-11,14H,3-9H2,1-2H3,(H2,13,16). The summed E-state index contributed by atoms with van der Waals surface area (Å²) >= 11 is 0. The van der Waals surface area contributed by atoms with E-state index in [9.17, 15) is 4.79 Å². The Bertz CT molecular complexity index is 232. The Morgan fingerprint density at radius 2 is 2.24 bits per heavy atom. The topological polar surface area (TPSA) is 67.6 Å². The maximum Gasteiger partial charge on any atom is 0.234 e. The molecule has 5 nitrogen and oxygen atoms in total. The number of primary amides is 1. The lowest BCUT2D eigenvalue weighted by atomic mass is 10.2. The summed E-state index contributed by atoms with van der Waals surface area (Å²) in [4.78, 5) is 13.6. The summed E-state index contributed by atoms with van der Waals surface area (Å²) in [7, 11) is 1.70. The van der Waals surface area contributed by atoms with Crippen molar-refractivity contribution in [2.45, 2.75) is 38.3 Å². The second-order valence-electron chi connectivity index (χ2n) is 4.61. The van der Waals surface area contributed by atoms with Crippen LogP contribution in [0.2, 0.25) is 0 Å². The van der Waals surface area contributed by atoms with E-state index in [1.54, 1.807) is 7.11 Å². The van der Waals surface area contributed by atoms with Gasteiger partial charge in [-0.25, -0.2) is 0 Å². The van der Waals surface area contributed by atoms with Gasteiger partial charge in [-0.05, 0) is 25.8 Å². The predicted molar refractivity (Wildman–Crippen MR) is 67.7 cm³/mol. The van der Waals surface area contributed by atoms with E-state index in [2.05, 4.69) is 17.1 Å². The average molecular weight is 243 g/mol. The number of hydrogen-bond donors (Lipinski definition) is 2. The molecule has 0 aromatic carbocycles. The molecule has 1 amide bonds. The molecule has 100 valence electrons. The Kier molecular flexibility index (Phi) is 6.47. The van der Waals surface area contributed by atoms with E-state index < -0.39 is 0 Å². The fourth-order valence-electron chi connectivity index (χ4n) is 1.80. The molecule has 0 spiro atoms. The highest BCUT2D eigenvalue weighted by atomic mass is 16.5. The van der Waals surface area contributed by atoms with Crippen LogP contribution < -0.4 is 11.1 Å². The van der Waals surface area contributed by atoms with Gasteiger partial charge in [-0.15, -0.1) is 0 Å². The Morgan fingerprint density at radius 3 is 2.71 bits per heavy atom. The van der Waals surface area contributed by atoms with E-state index in [1.165, 1.54) is 12.8 Å². The molecule has 0 radical (unpaired) electrons. The van der Waals surface area contributed by atoms with Gasteiger partial charge < -0.3 is 20.7 Å². The molecule has 5 heteroatoms. The Labute approximate surface area is 104 Å². The zero-order chi connectivity index (χ0) is 12.7. The first-order valence-electron chi connectivity index (χ1n) is 6.44. The fraction of sp³-hybridized carbons (Fsp3) is 0.917. The van der Waals surface area contributed by atoms with Gasteiger partial charge in [0.05, 0.1) is 12.6 Å². The van der Waals surface area contributed by atoms with Gasteiger partial charge in [-0.2, -0.15) is 0 Å². The molecule has 0 aromatic heterocycles. The van der Waals surface area contributed by atoms with Crippen LogP contribution in [0, 0.1) is 0 Å². The number of carbonyl (C=O) groups excluding carboxylic acids is 1. The summed E-state index contributed by atoms with van der Waals surface area (Å²) in [5, 5.41) is 3.29. The molecule has 1 saturated carbocycles. The molecule has 1 aliphatic rings. The number of ether oxygens (including phenoxy) is 1. The minimum atomic E-state index is -0.236.